The van der Waals surface area contributed by atoms with Crippen LogP contribution in [-0.2, 0) is 0 Å². The summed E-state index contributed by atoms with van der Waals surface area (Å²) in [7, 11) is 0. The Balaban J connectivity index is 1.96. The SMILES string of the molecule is CCC1(CC)CN(CC2CCCCC2C)C(C)CN1. The molecule has 19 heavy (non-hydrogen) atoms. The summed E-state index contributed by atoms with van der Waals surface area (Å²) in [5.41, 5.74) is 0.379. The van der Waals surface area contributed by atoms with Crippen molar-refractivity contribution in [2.24, 2.45) is 11.8 Å². The average Bonchev–Trinajstić information content (AvgIpc) is 2.44. The third-order valence-electron chi connectivity index (χ3n) is 6.01. The predicted molar refractivity (Wildman–Crippen MR) is 83.5 cm³/mol. The summed E-state index contributed by atoms with van der Waals surface area (Å²) in [5.74, 6) is 1.88. The Morgan fingerprint density at radius 2 is 1.79 bits per heavy atom. The monoisotopic (exact) mass is 266 g/mol. The quantitative estimate of drug-likeness (QED) is 0.835. The van der Waals surface area contributed by atoms with Crippen LogP contribution in [0.15, 0.2) is 0 Å². The van der Waals surface area contributed by atoms with E-state index < -0.39 is 0 Å². The molecule has 2 heteroatoms. The van der Waals surface area contributed by atoms with Crippen LogP contribution in [0.4, 0.5) is 0 Å². The van der Waals surface area contributed by atoms with Gasteiger partial charge in [0.15, 0.2) is 0 Å². The molecule has 2 rings (SSSR count). The van der Waals surface area contributed by atoms with Crippen molar-refractivity contribution in [2.75, 3.05) is 19.6 Å². The van der Waals surface area contributed by atoms with E-state index in [2.05, 4.69) is 37.9 Å². The topological polar surface area (TPSA) is 15.3 Å². The van der Waals surface area contributed by atoms with Gasteiger partial charge in [0.25, 0.3) is 0 Å². The van der Waals surface area contributed by atoms with Crippen LogP contribution >= 0.6 is 0 Å². The fourth-order valence-electron chi connectivity index (χ4n) is 4.03. The summed E-state index contributed by atoms with van der Waals surface area (Å²) in [5, 5.41) is 3.82. The summed E-state index contributed by atoms with van der Waals surface area (Å²) in [4.78, 5) is 2.79. The molecule has 0 radical (unpaired) electrons. The lowest BCUT2D eigenvalue weighted by atomic mass is 9.79. The molecule has 0 aromatic heterocycles. The molecule has 2 aliphatic rings. The minimum absolute atomic E-state index is 0.379. The number of rotatable bonds is 4. The zero-order chi connectivity index (χ0) is 13.9. The van der Waals surface area contributed by atoms with Crippen LogP contribution in [-0.4, -0.2) is 36.1 Å². The molecule has 0 aromatic rings. The van der Waals surface area contributed by atoms with Crippen LogP contribution in [0.5, 0.6) is 0 Å². The van der Waals surface area contributed by atoms with Gasteiger partial charge in [-0.25, -0.2) is 0 Å². The normalized spacial score (nSPS) is 36.3. The second-order valence-corrected chi connectivity index (χ2v) is 7.17. The zero-order valence-corrected chi connectivity index (χ0v) is 13.5. The summed E-state index contributed by atoms with van der Waals surface area (Å²) in [6.07, 6.45) is 8.35. The highest BCUT2D eigenvalue weighted by Gasteiger charge is 2.36. The van der Waals surface area contributed by atoms with Gasteiger partial charge in [-0.2, -0.15) is 0 Å². The number of nitrogens with one attached hydrogen (secondary N) is 1. The molecule has 2 fully saturated rings. The largest absolute Gasteiger partial charge is 0.308 e. The Kier molecular flexibility index (Phi) is 5.30. The molecule has 112 valence electrons. The third kappa shape index (κ3) is 3.52. The molecule has 0 spiro atoms. The van der Waals surface area contributed by atoms with Gasteiger partial charge < -0.3 is 5.32 Å². The van der Waals surface area contributed by atoms with Gasteiger partial charge in [-0.05, 0) is 38.0 Å². The summed E-state index contributed by atoms with van der Waals surface area (Å²) < 4.78 is 0. The molecule has 1 aliphatic heterocycles. The molecule has 1 saturated carbocycles. The molecule has 0 aromatic carbocycles. The first-order chi connectivity index (χ1) is 9.10. The molecule has 0 amide bonds. The van der Waals surface area contributed by atoms with E-state index >= 15 is 0 Å². The van der Waals surface area contributed by atoms with Gasteiger partial charge >= 0.3 is 0 Å². The molecular formula is C17H34N2. The lowest BCUT2D eigenvalue weighted by molar-refractivity contribution is 0.0506. The average molecular weight is 266 g/mol. The Labute approximate surface area is 120 Å². The van der Waals surface area contributed by atoms with E-state index in [4.69, 9.17) is 0 Å². The van der Waals surface area contributed by atoms with Crippen LogP contribution in [0.3, 0.4) is 0 Å². The number of nitrogens with zero attached hydrogens (tertiary/aromatic N) is 1. The van der Waals surface area contributed by atoms with Gasteiger partial charge in [-0.15, -0.1) is 0 Å². The minimum atomic E-state index is 0.379. The fraction of sp³-hybridized carbons (Fsp3) is 1.00. The highest BCUT2D eigenvalue weighted by molar-refractivity contribution is 4.96. The number of piperazine rings is 1. The number of hydrogen-bond acceptors (Lipinski definition) is 2. The molecule has 3 atom stereocenters. The van der Waals surface area contributed by atoms with Gasteiger partial charge in [-0.3, -0.25) is 4.90 Å². The van der Waals surface area contributed by atoms with Crippen LogP contribution in [0.25, 0.3) is 0 Å². The van der Waals surface area contributed by atoms with E-state index in [-0.39, 0.29) is 0 Å². The lowest BCUT2D eigenvalue weighted by Gasteiger charge is -2.48. The first kappa shape index (κ1) is 15.3. The Morgan fingerprint density at radius 3 is 2.42 bits per heavy atom. The van der Waals surface area contributed by atoms with Crippen LogP contribution in [0.1, 0.15) is 66.2 Å². The molecule has 3 unspecified atom stereocenters. The van der Waals surface area contributed by atoms with Crippen LogP contribution < -0.4 is 5.32 Å². The van der Waals surface area contributed by atoms with E-state index in [9.17, 15) is 0 Å². The van der Waals surface area contributed by atoms with E-state index in [1.54, 1.807) is 0 Å². The second kappa shape index (κ2) is 6.58. The molecule has 2 nitrogen and oxygen atoms in total. The first-order valence-electron chi connectivity index (χ1n) is 8.59. The molecular weight excluding hydrogens is 232 g/mol. The second-order valence-electron chi connectivity index (χ2n) is 7.17. The summed E-state index contributed by atoms with van der Waals surface area (Å²) in [6.45, 7) is 13.3. The van der Waals surface area contributed by atoms with Gasteiger partial charge in [0.1, 0.15) is 0 Å². The summed E-state index contributed by atoms with van der Waals surface area (Å²) >= 11 is 0. The van der Waals surface area contributed by atoms with Crippen molar-refractivity contribution in [3.63, 3.8) is 0 Å². The molecule has 0 bridgehead atoms. The first-order valence-corrected chi connectivity index (χ1v) is 8.59. The van der Waals surface area contributed by atoms with E-state index in [0.717, 1.165) is 11.8 Å². The van der Waals surface area contributed by atoms with Crippen molar-refractivity contribution in [1.29, 1.82) is 0 Å². The van der Waals surface area contributed by atoms with Crippen molar-refractivity contribution in [3.05, 3.63) is 0 Å². The Morgan fingerprint density at radius 1 is 1.11 bits per heavy atom. The van der Waals surface area contributed by atoms with Gasteiger partial charge in [0.05, 0.1) is 0 Å². The Hall–Kier alpha value is -0.0800. The minimum Gasteiger partial charge on any atom is -0.308 e. The third-order valence-corrected chi connectivity index (χ3v) is 6.01. The Bertz CT molecular complexity index is 272. The summed E-state index contributed by atoms with van der Waals surface area (Å²) in [6, 6.07) is 0.709. The van der Waals surface area contributed by atoms with Gasteiger partial charge in [0, 0.05) is 31.2 Å². The standard InChI is InChI=1S/C17H34N2/c1-5-17(6-2)13-19(15(4)11-18-17)12-16-10-8-7-9-14(16)3/h14-16,18H,5-13H2,1-4H3. The van der Waals surface area contributed by atoms with Crippen molar-refractivity contribution in [3.8, 4) is 0 Å². The van der Waals surface area contributed by atoms with E-state index in [0.29, 0.717) is 11.6 Å². The lowest BCUT2D eigenvalue weighted by Crippen LogP contribution is -2.63. The molecule has 1 aliphatic carbocycles. The van der Waals surface area contributed by atoms with Crippen LogP contribution in [0.2, 0.25) is 0 Å². The fourth-order valence-corrected chi connectivity index (χ4v) is 4.03. The van der Waals surface area contributed by atoms with Crippen LogP contribution in [0, 0.1) is 11.8 Å². The highest BCUT2D eigenvalue weighted by atomic mass is 15.2. The van der Waals surface area contributed by atoms with Crippen molar-refractivity contribution >= 4 is 0 Å². The molecule has 1 heterocycles. The zero-order valence-electron chi connectivity index (χ0n) is 13.5. The van der Waals surface area contributed by atoms with Crippen molar-refractivity contribution < 1.29 is 0 Å². The predicted octanol–water partition coefficient (Wildman–Crippen LogP) is 3.67. The molecule has 1 N–H and O–H groups in total. The molecule has 1 saturated heterocycles. The maximum Gasteiger partial charge on any atom is 0.0304 e. The van der Waals surface area contributed by atoms with Crippen molar-refractivity contribution in [1.82, 2.24) is 10.2 Å². The smallest absolute Gasteiger partial charge is 0.0304 e. The van der Waals surface area contributed by atoms with E-state index in [1.165, 1.54) is 58.2 Å². The number of hydrogen-bond donors (Lipinski definition) is 1. The van der Waals surface area contributed by atoms with Gasteiger partial charge in [0.2, 0.25) is 0 Å². The maximum atomic E-state index is 3.82. The van der Waals surface area contributed by atoms with E-state index in [1.807, 2.05) is 0 Å². The van der Waals surface area contributed by atoms with Crippen molar-refractivity contribution in [2.45, 2.75) is 77.8 Å². The highest BCUT2D eigenvalue weighted by Crippen LogP contribution is 2.32. The van der Waals surface area contributed by atoms with Gasteiger partial charge in [-0.1, -0.05) is 40.0 Å². The maximum absolute atomic E-state index is 3.82.